The van der Waals surface area contributed by atoms with Crippen molar-refractivity contribution < 1.29 is 4.79 Å². The minimum atomic E-state index is -0.185. The van der Waals surface area contributed by atoms with Gasteiger partial charge in [0.05, 0.1) is 22.4 Å². The van der Waals surface area contributed by atoms with Gasteiger partial charge in [-0.2, -0.15) is 5.10 Å². The molecule has 1 amide bonds. The van der Waals surface area contributed by atoms with E-state index < -0.39 is 0 Å². The molecule has 5 rings (SSSR count). The Balaban J connectivity index is 1.72. The number of rotatable bonds is 2. The highest BCUT2D eigenvalue weighted by molar-refractivity contribution is 5.96. The smallest absolute Gasteiger partial charge is 0.226 e. The molecule has 132 valence electrons. The van der Waals surface area contributed by atoms with E-state index in [1.807, 2.05) is 61.6 Å². The Morgan fingerprint density at radius 3 is 2.59 bits per heavy atom. The number of fused-ring (bicyclic) bond motifs is 2. The van der Waals surface area contributed by atoms with Crippen molar-refractivity contribution in [1.29, 1.82) is 0 Å². The third-order valence-electron chi connectivity index (χ3n) is 4.95. The molecule has 1 aliphatic rings. The number of amides is 1. The van der Waals surface area contributed by atoms with Crippen molar-refractivity contribution in [2.45, 2.75) is 12.3 Å². The van der Waals surface area contributed by atoms with Gasteiger partial charge in [0.1, 0.15) is 5.82 Å². The summed E-state index contributed by atoms with van der Waals surface area (Å²) in [5.41, 5.74) is 5.34. The van der Waals surface area contributed by atoms with Gasteiger partial charge in [-0.3, -0.25) is 14.5 Å². The van der Waals surface area contributed by atoms with Gasteiger partial charge in [0, 0.05) is 36.7 Å². The number of hydrogen-bond donors (Lipinski definition) is 1. The van der Waals surface area contributed by atoms with E-state index in [0.29, 0.717) is 6.42 Å². The number of nitrogens with zero attached hydrogens (tertiary/aromatic N) is 4. The lowest BCUT2D eigenvalue weighted by molar-refractivity contribution is -0.116. The molecule has 0 bridgehead atoms. The van der Waals surface area contributed by atoms with Crippen LogP contribution in [-0.2, 0) is 11.8 Å². The Morgan fingerprint density at radius 2 is 1.78 bits per heavy atom. The molecule has 27 heavy (non-hydrogen) atoms. The molecule has 0 saturated carbocycles. The standard InChI is InChI=1S/C21H17N5O/c1-26-21-19(20(25-26)13-7-3-2-4-8-13)14(11-18(27)24-21)17-12-22-15-9-5-6-10-16(15)23-17/h2-10,12,14H,11H2,1H3,(H,24,27)/t14-/m0/s1. The monoisotopic (exact) mass is 355 g/mol. The van der Waals surface area contributed by atoms with Crippen LogP contribution >= 0.6 is 0 Å². The van der Waals surface area contributed by atoms with Gasteiger partial charge in [-0.15, -0.1) is 0 Å². The van der Waals surface area contributed by atoms with Crippen LogP contribution in [0.5, 0.6) is 0 Å². The number of anilines is 1. The van der Waals surface area contributed by atoms with Crippen molar-refractivity contribution in [2.24, 2.45) is 7.05 Å². The van der Waals surface area contributed by atoms with Crippen molar-refractivity contribution >= 4 is 22.8 Å². The molecule has 0 radical (unpaired) electrons. The van der Waals surface area contributed by atoms with Gasteiger partial charge in [-0.05, 0) is 12.1 Å². The van der Waals surface area contributed by atoms with Crippen LogP contribution in [0, 0.1) is 0 Å². The Kier molecular flexibility index (Phi) is 3.50. The Labute approximate surface area is 155 Å². The van der Waals surface area contributed by atoms with Crippen molar-refractivity contribution in [3.63, 3.8) is 0 Å². The highest BCUT2D eigenvalue weighted by Gasteiger charge is 2.34. The van der Waals surface area contributed by atoms with E-state index in [4.69, 9.17) is 4.98 Å². The molecule has 0 unspecified atom stereocenters. The summed E-state index contributed by atoms with van der Waals surface area (Å²) in [5.74, 6) is 0.505. The zero-order valence-corrected chi connectivity index (χ0v) is 14.8. The highest BCUT2D eigenvalue weighted by Crippen LogP contribution is 2.42. The number of aromatic nitrogens is 4. The maximum atomic E-state index is 12.4. The zero-order chi connectivity index (χ0) is 18.4. The van der Waals surface area contributed by atoms with E-state index in [9.17, 15) is 4.79 Å². The SMILES string of the molecule is Cn1nc(-c2ccccc2)c2c1NC(=O)C[C@H]2c1cnc2ccccc2n1. The summed E-state index contributed by atoms with van der Waals surface area (Å²) in [5, 5.41) is 7.66. The average Bonchev–Trinajstić information content (AvgIpc) is 3.04. The van der Waals surface area contributed by atoms with Crippen LogP contribution in [0.25, 0.3) is 22.3 Å². The Bertz CT molecular complexity index is 1170. The number of carbonyl (C=O) groups excluding carboxylic acids is 1. The lowest BCUT2D eigenvalue weighted by atomic mass is 9.87. The molecular weight excluding hydrogens is 338 g/mol. The summed E-state index contributed by atoms with van der Waals surface area (Å²) in [6, 6.07) is 17.8. The molecule has 0 saturated heterocycles. The Hall–Kier alpha value is -3.54. The zero-order valence-electron chi connectivity index (χ0n) is 14.8. The van der Waals surface area contributed by atoms with Crippen LogP contribution in [0.1, 0.15) is 23.6 Å². The van der Waals surface area contributed by atoms with Crippen LogP contribution in [0.15, 0.2) is 60.8 Å². The molecule has 1 atom stereocenters. The summed E-state index contributed by atoms with van der Waals surface area (Å²) >= 11 is 0. The molecule has 1 aliphatic heterocycles. The number of hydrogen-bond acceptors (Lipinski definition) is 4. The normalized spacial score (nSPS) is 16.2. The largest absolute Gasteiger partial charge is 0.311 e. The van der Waals surface area contributed by atoms with E-state index in [2.05, 4.69) is 15.4 Å². The first kappa shape index (κ1) is 15.7. The van der Waals surface area contributed by atoms with Gasteiger partial charge in [-0.1, -0.05) is 42.5 Å². The fourth-order valence-electron chi connectivity index (χ4n) is 3.69. The predicted molar refractivity (Wildman–Crippen MR) is 103 cm³/mol. The Morgan fingerprint density at radius 1 is 1.04 bits per heavy atom. The average molecular weight is 355 g/mol. The number of aryl methyl sites for hydroxylation is 1. The molecule has 1 N–H and O–H groups in total. The molecule has 2 aromatic carbocycles. The van der Waals surface area contributed by atoms with Gasteiger partial charge in [0.15, 0.2) is 0 Å². The van der Waals surface area contributed by atoms with Crippen LogP contribution < -0.4 is 5.32 Å². The van der Waals surface area contributed by atoms with Crippen LogP contribution in [0.2, 0.25) is 0 Å². The first-order valence-electron chi connectivity index (χ1n) is 8.84. The van der Waals surface area contributed by atoms with Gasteiger partial charge in [0.2, 0.25) is 5.91 Å². The summed E-state index contributed by atoms with van der Waals surface area (Å²) in [6.07, 6.45) is 2.10. The second-order valence-corrected chi connectivity index (χ2v) is 6.69. The molecule has 6 nitrogen and oxygen atoms in total. The van der Waals surface area contributed by atoms with Crippen molar-refractivity contribution in [3.8, 4) is 11.3 Å². The van der Waals surface area contributed by atoms with Crippen molar-refractivity contribution in [3.05, 3.63) is 72.1 Å². The quantitative estimate of drug-likeness (QED) is 0.597. The fraction of sp³-hybridized carbons (Fsp3) is 0.143. The summed E-state index contributed by atoms with van der Waals surface area (Å²) in [6.45, 7) is 0. The maximum absolute atomic E-state index is 12.4. The lowest BCUT2D eigenvalue weighted by Gasteiger charge is -2.23. The van der Waals surface area contributed by atoms with Crippen LogP contribution in [0.4, 0.5) is 5.82 Å². The third-order valence-corrected chi connectivity index (χ3v) is 4.95. The first-order valence-corrected chi connectivity index (χ1v) is 8.84. The van der Waals surface area contributed by atoms with E-state index >= 15 is 0 Å². The van der Waals surface area contributed by atoms with E-state index in [1.54, 1.807) is 10.9 Å². The molecule has 0 fully saturated rings. The summed E-state index contributed by atoms with van der Waals surface area (Å²) in [7, 11) is 1.85. The maximum Gasteiger partial charge on any atom is 0.226 e. The molecule has 0 aliphatic carbocycles. The minimum absolute atomic E-state index is 0.0370. The number of nitrogens with one attached hydrogen (secondary N) is 1. The van der Waals surface area contributed by atoms with Crippen LogP contribution in [-0.4, -0.2) is 25.7 Å². The predicted octanol–water partition coefficient (Wildman–Crippen LogP) is 3.50. The molecular formula is C21H17N5O. The first-order chi connectivity index (χ1) is 13.2. The second kappa shape index (κ2) is 6.02. The molecule has 6 heteroatoms. The summed E-state index contributed by atoms with van der Waals surface area (Å²) in [4.78, 5) is 21.7. The third kappa shape index (κ3) is 2.57. The van der Waals surface area contributed by atoms with E-state index in [-0.39, 0.29) is 11.8 Å². The lowest BCUT2D eigenvalue weighted by Crippen LogP contribution is -2.25. The van der Waals surface area contributed by atoms with Gasteiger partial charge < -0.3 is 5.32 Å². The second-order valence-electron chi connectivity index (χ2n) is 6.69. The van der Waals surface area contributed by atoms with Gasteiger partial charge in [0.25, 0.3) is 0 Å². The topological polar surface area (TPSA) is 72.7 Å². The number of carbonyl (C=O) groups is 1. The molecule has 2 aromatic heterocycles. The van der Waals surface area contributed by atoms with Crippen molar-refractivity contribution in [1.82, 2.24) is 19.7 Å². The van der Waals surface area contributed by atoms with E-state index in [0.717, 1.165) is 39.4 Å². The molecule has 4 aromatic rings. The number of benzene rings is 2. The summed E-state index contributed by atoms with van der Waals surface area (Å²) < 4.78 is 1.73. The molecule has 3 heterocycles. The fourth-order valence-corrected chi connectivity index (χ4v) is 3.69. The van der Waals surface area contributed by atoms with Gasteiger partial charge in [-0.25, -0.2) is 4.98 Å². The number of para-hydroxylation sites is 2. The highest BCUT2D eigenvalue weighted by atomic mass is 16.1. The minimum Gasteiger partial charge on any atom is -0.311 e. The van der Waals surface area contributed by atoms with Crippen molar-refractivity contribution in [2.75, 3.05) is 5.32 Å². The molecule has 0 spiro atoms. The van der Waals surface area contributed by atoms with Gasteiger partial charge >= 0.3 is 0 Å². The van der Waals surface area contributed by atoms with E-state index in [1.165, 1.54) is 0 Å². The van der Waals surface area contributed by atoms with Crippen LogP contribution in [0.3, 0.4) is 0 Å².